The fourth-order valence-electron chi connectivity index (χ4n) is 2.18. The van der Waals surface area contributed by atoms with Crippen LogP contribution in [0, 0.1) is 6.92 Å². The molecule has 0 aliphatic heterocycles. The summed E-state index contributed by atoms with van der Waals surface area (Å²) in [6.07, 6.45) is 1.73. The number of para-hydroxylation sites is 2. The molecule has 0 radical (unpaired) electrons. The predicted octanol–water partition coefficient (Wildman–Crippen LogP) is 2.36. The minimum Gasteiger partial charge on any atom is -0.389 e. The second-order valence-corrected chi connectivity index (χ2v) is 4.66. The van der Waals surface area contributed by atoms with Crippen LogP contribution in [0.15, 0.2) is 42.6 Å². The predicted molar refractivity (Wildman–Crippen MR) is 79.5 cm³/mol. The Morgan fingerprint density at radius 1 is 1.21 bits per heavy atom. The van der Waals surface area contributed by atoms with Crippen LogP contribution in [-0.2, 0) is 0 Å². The number of nitrogens with two attached hydrogens (primary N) is 1. The lowest BCUT2D eigenvalue weighted by atomic mass is 10.2. The van der Waals surface area contributed by atoms with Crippen molar-refractivity contribution in [2.45, 2.75) is 6.92 Å². The third-order valence-electron chi connectivity index (χ3n) is 2.99. The highest BCUT2D eigenvalue weighted by atomic mass is 32.1. The molecule has 0 saturated carbocycles. The summed E-state index contributed by atoms with van der Waals surface area (Å²) < 4.78 is 1.98. The van der Waals surface area contributed by atoms with Gasteiger partial charge in [0.1, 0.15) is 16.6 Å². The summed E-state index contributed by atoms with van der Waals surface area (Å²) in [5.74, 6) is 1.58. The van der Waals surface area contributed by atoms with Crippen LogP contribution in [0.2, 0.25) is 0 Å². The molecular weight excluding hydrogens is 256 g/mol. The van der Waals surface area contributed by atoms with E-state index in [0.29, 0.717) is 4.99 Å². The third kappa shape index (κ3) is 1.88. The maximum atomic E-state index is 5.77. The smallest absolute Gasteiger partial charge is 0.148 e. The number of aryl methyl sites for hydroxylation is 1. The van der Waals surface area contributed by atoms with Crippen molar-refractivity contribution in [3.05, 3.63) is 54.0 Å². The Balaban J connectivity index is 2.37. The summed E-state index contributed by atoms with van der Waals surface area (Å²) in [4.78, 5) is 9.27. The minimum absolute atomic E-state index is 0.334. The van der Waals surface area contributed by atoms with Crippen molar-refractivity contribution in [3.63, 3.8) is 0 Å². The van der Waals surface area contributed by atoms with Gasteiger partial charge in [0, 0.05) is 6.20 Å². The molecule has 0 unspecified atom stereocenters. The van der Waals surface area contributed by atoms with Crippen LogP contribution in [0.5, 0.6) is 0 Å². The van der Waals surface area contributed by atoms with Crippen LogP contribution in [0.25, 0.3) is 16.9 Å². The van der Waals surface area contributed by atoms with Crippen molar-refractivity contribution in [2.75, 3.05) is 0 Å². The molecule has 19 heavy (non-hydrogen) atoms. The highest BCUT2D eigenvalue weighted by Gasteiger charge is 2.14. The van der Waals surface area contributed by atoms with Gasteiger partial charge in [-0.25, -0.2) is 9.97 Å². The largest absolute Gasteiger partial charge is 0.389 e. The zero-order valence-corrected chi connectivity index (χ0v) is 11.2. The Kier molecular flexibility index (Phi) is 2.76. The van der Waals surface area contributed by atoms with E-state index in [0.717, 1.165) is 28.2 Å². The molecule has 2 N–H and O–H groups in total. The molecule has 0 bridgehead atoms. The standard InChI is InChI=1S/C14H12N4S/c1-9-17-11-6-2-3-7-12(11)18(9)14-10(13(15)19)5-4-8-16-14/h2-8H,1H3,(H2,15,19). The van der Waals surface area contributed by atoms with Crippen molar-refractivity contribution in [3.8, 4) is 5.82 Å². The molecule has 0 aliphatic rings. The van der Waals surface area contributed by atoms with Crippen LogP contribution >= 0.6 is 12.2 Å². The van der Waals surface area contributed by atoms with Gasteiger partial charge in [0.25, 0.3) is 0 Å². The number of imidazole rings is 1. The number of aromatic nitrogens is 3. The van der Waals surface area contributed by atoms with Crippen LogP contribution in [0.1, 0.15) is 11.4 Å². The lowest BCUT2D eigenvalue weighted by molar-refractivity contribution is 0.954. The molecule has 2 aromatic heterocycles. The number of hydrogen-bond donors (Lipinski definition) is 1. The topological polar surface area (TPSA) is 56.7 Å². The number of benzene rings is 1. The van der Waals surface area contributed by atoms with E-state index in [9.17, 15) is 0 Å². The summed E-state index contributed by atoms with van der Waals surface area (Å²) in [5.41, 5.74) is 8.45. The quantitative estimate of drug-likeness (QED) is 0.725. The second kappa shape index (κ2) is 4.44. The second-order valence-electron chi connectivity index (χ2n) is 4.22. The average Bonchev–Trinajstić information content (AvgIpc) is 2.74. The Bertz CT molecular complexity index is 776. The molecule has 0 saturated heterocycles. The molecule has 0 spiro atoms. The highest BCUT2D eigenvalue weighted by molar-refractivity contribution is 7.80. The Labute approximate surface area is 115 Å². The van der Waals surface area contributed by atoms with Gasteiger partial charge in [-0.15, -0.1) is 0 Å². The Hall–Kier alpha value is -2.27. The lowest BCUT2D eigenvalue weighted by Crippen LogP contribution is -2.15. The first-order valence-corrected chi connectivity index (χ1v) is 6.28. The maximum absolute atomic E-state index is 5.77. The van der Waals surface area contributed by atoms with E-state index < -0.39 is 0 Å². The van der Waals surface area contributed by atoms with E-state index in [2.05, 4.69) is 9.97 Å². The molecule has 0 amide bonds. The van der Waals surface area contributed by atoms with Crippen molar-refractivity contribution in [1.82, 2.24) is 14.5 Å². The van der Waals surface area contributed by atoms with E-state index >= 15 is 0 Å². The van der Waals surface area contributed by atoms with Gasteiger partial charge < -0.3 is 5.73 Å². The van der Waals surface area contributed by atoms with E-state index in [1.807, 2.05) is 47.9 Å². The average molecular weight is 268 g/mol. The Morgan fingerprint density at radius 3 is 2.79 bits per heavy atom. The van der Waals surface area contributed by atoms with E-state index in [1.165, 1.54) is 0 Å². The van der Waals surface area contributed by atoms with Gasteiger partial charge in [0.15, 0.2) is 0 Å². The van der Waals surface area contributed by atoms with E-state index in [-0.39, 0.29) is 0 Å². The molecule has 94 valence electrons. The molecule has 5 heteroatoms. The summed E-state index contributed by atoms with van der Waals surface area (Å²) in [7, 11) is 0. The zero-order chi connectivity index (χ0) is 13.4. The van der Waals surface area contributed by atoms with Gasteiger partial charge in [-0.05, 0) is 31.2 Å². The first-order chi connectivity index (χ1) is 9.18. The fraction of sp³-hybridized carbons (Fsp3) is 0.0714. The maximum Gasteiger partial charge on any atom is 0.148 e. The van der Waals surface area contributed by atoms with E-state index in [1.54, 1.807) is 6.20 Å². The van der Waals surface area contributed by atoms with Crippen LogP contribution < -0.4 is 5.73 Å². The van der Waals surface area contributed by atoms with Crippen LogP contribution in [-0.4, -0.2) is 19.5 Å². The first-order valence-electron chi connectivity index (χ1n) is 5.88. The molecule has 3 aromatic rings. The molecule has 1 aromatic carbocycles. The Morgan fingerprint density at radius 2 is 2.00 bits per heavy atom. The van der Waals surface area contributed by atoms with Gasteiger partial charge in [-0.2, -0.15) is 0 Å². The van der Waals surface area contributed by atoms with Crippen molar-refractivity contribution in [2.24, 2.45) is 5.73 Å². The zero-order valence-electron chi connectivity index (χ0n) is 10.4. The van der Waals surface area contributed by atoms with Crippen molar-refractivity contribution in [1.29, 1.82) is 0 Å². The number of nitrogens with zero attached hydrogens (tertiary/aromatic N) is 3. The van der Waals surface area contributed by atoms with Gasteiger partial charge in [0.05, 0.1) is 16.6 Å². The summed E-state index contributed by atoms with van der Waals surface area (Å²) in [5, 5.41) is 0. The molecule has 3 rings (SSSR count). The fourth-order valence-corrected chi connectivity index (χ4v) is 2.34. The number of pyridine rings is 1. The van der Waals surface area contributed by atoms with Crippen LogP contribution in [0.4, 0.5) is 0 Å². The first kappa shape index (κ1) is 11.8. The molecule has 0 fully saturated rings. The van der Waals surface area contributed by atoms with Gasteiger partial charge in [-0.1, -0.05) is 24.4 Å². The van der Waals surface area contributed by atoms with Gasteiger partial charge in [0.2, 0.25) is 0 Å². The molecule has 4 nitrogen and oxygen atoms in total. The number of rotatable bonds is 2. The number of fused-ring (bicyclic) bond motifs is 1. The highest BCUT2D eigenvalue weighted by Crippen LogP contribution is 2.21. The summed E-state index contributed by atoms with van der Waals surface area (Å²) in [6.45, 7) is 1.94. The van der Waals surface area contributed by atoms with Gasteiger partial charge >= 0.3 is 0 Å². The van der Waals surface area contributed by atoms with Crippen molar-refractivity contribution >= 4 is 28.2 Å². The van der Waals surface area contributed by atoms with Gasteiger partial charge in [-0.3, -0.25) is 4.57 Å². The van der Waals surface area contributed by atoms with E-state index in [4.69, 9.17) is 18.0 Å². The van der Waals surface area contributed by atoms with Crippen molar-refractivity contribution < 1.29 is 0 Å². The SMILES string of the molecule is Cc1nc2ccccc2n1-c1ncccc1C(N)=S. The molecule has 2 heterocycles. The minimum atomic E-state index is 0.334. The number of hydrogen-bond acceptors (Lipinski definition) is 3. The molecular formula is C14H12N4S. The monoisotopic (exact) mass is 268 g/mol. The molecule has 0 aliphatic carbocycles. The third-order valence-corrected chi connectivity index (χ3v) is 3.21. The lowest BCUT2D eigenvalue weighted by Gasteiger charge is -2.10. The summed E-state index contributed by atoms with van der Waals surface area (Å²) in [6, 6.07) is 11.6. The number of thiocarbonyl (C=S) groups is 1. The summed E-state index contributed by atoms with van der Waals surface area (Å²) >= 11 is 5.09. The van der Waals surface area contributed by atoms with Crippen LogP contribution in [0.3, 0.4) is 0 Å². The molecule has 0 atom stereocenters. The normalized spacial score (nSPS) is 10.8.